The normalized spacial score (nSPS) is 11.5. The highest BCUT2D eigenvalue weighted by Gasteiger charge is 2.18. The van der Waals surface area contributed by atoms with Crippen LogP contribution in [0.2, 0.25) is 5.02 Å². The number of halogens is 2. The molecule has 0 saturated carbocycles. The van der Waals surface area contributed by atoms with E-state index in [0.29, 0.717) is 6.54 Å². The highest BCUT2D eigenvalue weighted by atomic mass is 35.5. The molecule has 0 saturated heterocycles. The summed E-state index contributed by atoms with van der Waals surface area (Å²) in [7, 11) is 0. The van der Waals surface area contributed by atoms with Gasteiger partial charge in [-0.3, -0.25) is 9.59 Å². The molecule has 1 rings (SSSR count). The monoisotopic (exact) mass is 344 g/mol. The van der Waals surface area contributed by atoms with Crippen LogP contribution in [0.15, 0.2) is 18.2 Å². The van der Waals surface area contributed by atoms with E-state index in [0.717, 1.165) is 18.6 Å². The first-order valence-corrected chi connectivity index (χ1v) is 7.42. The Morgan fingerprint density at radius 2 is 2.04 bits per heavy atom. The first-order valence-electron chi connectivity index (χ1n) is 7.04. The topological polar surface area (TPSA) is 84.5 Å². The molecule has 0 aliphatic rings. The molecule has 0 aromatic heterocycles. The largest absolute Gasteiger partial charge is 0.452 e. The fourth-order valence-corrected chi connectivity index (χ4v) is 1.78. The molecule has 0 unspecified atom stereocenters. The molecule has 0 aliphatic carbocycles. The van der Waals surface area contributed by atoms with Gasteiger partial charge in [-0.1, -0.05) is 18.5 Å². The molecule has 126 valence electrons. The van der Waals surface area contributed by atoms with Crippen LogP contribution >= 0.6 is 11.6 Å². The smallest absolute Gasteiger partial charge is 0.341 e. The van der Waals surface area contributed by atoms with Crippen molar-refractivity contribution in [3.8, 4) is 0 Å². The van der Waals surface area contributed by atoms with Crippen LogP contribution < -0.4 is 10.6 Å². The summed E-state index contributed by atoms with van der Waals surface area (Å²) in [6.07, 6.45) is 0.773. The van der Waals surface area contributed by atoms with Gasteiger partial charge in [0.1, 0.15) is 11.9 Å². The number of hydrogen-bond donors (Lipinski definition) is 2. The maximum atomic E-state index is 13.5. The standard InChI is InChI=1S/C15H18ClFN2O4/c1-3-6-18-14(21)9(2)19-13(20)8-23-15(22)11-7-10(16)4-5-12(11)17/h4-5,7,9H,3,6,8H2,1-2H3,(H,18,21)(H,19,20)/t9-/m0/s1. The van der Waals surface area contributed by atoms with Crippen molar-refractivity contribution < 1.29 is 23.5 Å². The molecule has 2 amide bonds. The van der Waals surface area contributed by atoms with Crippen LogP contribution in [0.25, 0.3) is 0 Å². The molecule has 0 bridgehead atoms. The van der Waals surface area contributed by atoms with E-state index in [1.165, 1.54) is 13.0 Å². The van der Waals surface area contributed by atoms with E-state index in [1.807, 2.05) is 6.92 Å². The molecule has 0 heterocycles. The van der Waals surface area contributed by atoms with Gasteiger partial charge in [-0.2, -0.15) is 0 Å². The van der Waals surface area contributed by atoms with Crippen molar-refractivity contribution in [2.75, 3.05) is 13.2 Å². The lowest BCUT2D eigenvalue weighted by atomic mass is 10.2. The van der Waals surface area contributed by atoms with Gasteiger partial charge in [-0.05, 0) is 31.5 Å². The average Bonchev–Trinajstić information content (AvgIpc) is 2.52. The zero-order chi connectivity index (χ0) is 17.4. The number of ether oxygens (including phenoxy) is 1. The summed E-state index contributed by atoms with van der Waals surface area (Å²) < 4.78 is 18.2. The minimum absolute atomic E-state index is 0.170. The van der Waals surface area contributed by atoms with Crippen molar-refractivity contribution in [1.82, 2.24) is 10.6 Å². The predicted molar refractivity (Wildman–Crippen MR) is 82.6 cm³/mol. The molecule has 8 heteroatoms. The van der Waals surface area contributed by atoms with Crippen molar-refractivity contribution in [2.45, 2.75) is 26.3 Å². The van der Waals surface area contributed by atoms with Crippen LogP contribution in [0.3, 0.4) is 0 Å². The van der Waals surface area contributed by atoms with Gasteiger partial charge >= 0.3 is 5.97 Å². The second-order valence-electron chi connectivity index (χ2n) is 4.78. The molecular formula is C15H18ClFN2O4. The summed E-state index contributed by atoms with van der Waals surface area (Å²) in [5, 5.41) is 5.16. The highest BCUT2D eigenvalue weighted by Crippen LogP contribution is 2.15. The van der Waals surface area contributed by atoms with Crippen LogP contribution in [0.1, 0.15) is 30.6 Å². The number of nitrogens with one attached hydrogen (secondary N) is 2. The third kappa shape index (κ3) is 6.23. The Morgan fingerprint density at radius 1 is 1.35 bits per heavy atom. The number of benzene rings is 1. The molecule has 6 nitrogen and oxygen atoms in total. The summed E-state index contributed by atoms with van der Waals surface area (Å²) in [6, 6.07) is 2.66. The molecule has 23 heavy (non-hydrogen) atoms. The average molecular weight is 345 g/mol. The van der Waals surface area contributed by atoms with E-state index in [-0.39, 0.29) is 16.5 Å². The molecule has 1 aromatic carbocycles. The van der Waals surface area contributed by atoms with E-state index >= 15 is 0 Å². The fourth-order valence-electron chi connectivity index (χ4n) is 1.61. The maximum absolute atomic E-state index is 13.5. The number of amides is 2. The molecular weight excluding hydrogens is 327 g/mol. The summed E-state index contributed by atoms with van der Waals surface area (Å²) >= 11 is 5.67. The van der Waals surface area contributed by atoms with E-state index in [2.05, 4.69) is 10.6 Å². The second-order valence-corrected chi connectivity index (χ2v) is 5.22. The lowest BCUT2D eigenvalue weighted by Crippen LogP contribution is -2.46. The lowest BCUT2D eigenvalue weighted by molar-refractivity contribution is -0.130. The van der Waals surface area contributed by atoms with Crippen molar-refractivity contribution in [2.24, 2.45) is 0 Å². The zero-order valence-corrected chi connectivity index (χ0v) is 13.6. The second kappa shape index (κ2) is 9.09. The van der Waals surface area contributed by atoms with E-state index in [4.69, 9.17) is 16.3 Å². The SMILES string of the molecule is CCCNC(=O)[C@H](C)NC(=O)COC(=O)c1cc(Cl)ccc1F. The van der Waals surface area contributed by atoms with Crippen molar-refractivity contribution in [3.05, 3.63) is 34.6 Å². The molecule has 0 spiro atoms. The van der Waals surface area contributed by atoms with E-state index in [1.54, 1.807) is 0 Å². The Hall–Kier alpha value is -2.15. The highest BCUT2D eigenvalue weighted by molar-refractivity contribution is 6.30. The molecule has 1 aromatic rings. The fraction of sp³-hybridized carbons (Fsp3) is 0.400. The van der Waals surface area contributed by atoms with Gasteiger partial charge in [-0.25, -0.2) is 9.18 Å². The van der Waals surface area contributed by atoms with Gasteiger partial charge in [0.25, 0.3) is 5.91 Å². The number of esters is 1. The third-order valence-corrected chi connectivity index (χ3v) is 3.04. The summed E-state index contributed by atoms with van der Waals surface area (Å²) in [6.45, 7) is 3.28. The number of hydrogen-bond acceptors (Lipinski definition) is 4. The van der Waals surface area contributed by atoms with Crippen molar-refractivity contribution in [1.29, 1.82) is 0 Å². The van der Waals surface area contributed by atoms with Gasteiger partial charge in [0.05, 0.1) is 5.56 Å². The van der Waals surface area contributed by atoms with Crippen molar-refractivity contribution >= 4 is 29.4 Å². The van der Waals surface area contributed by atoms with Gasteiger partial charge in [0.2, 0.25) is 5.91 Å². The number of carbonyl (C=O) groups excluding carboxylic acids is 3. The lowest BCUT2D eigenvalue weighted by Gasteiger charge is -2.14. The Labute approximate surface area is 138 Å². The number of rotatable bonds is 7. The van der Waals surface area contributed by atoms with Gasteiger partial charge in [0.15, 0.2) is 6.61 Å². The quantitative estimate of drug-likeness (QED) is 0.737. The zero-order valence-electron chi connectivity index (χ0n) is 12.8. The Morgan fingerprint density at radius 3 is 2.70 bits per heavy atom. The minimum atomic E-state index is -1.01. The number of carbonyl (C=O) groups is 3. The van der Waals surface area contributed by atoms with Gasteiger partial charge in [0, 0.05) is 11.6 Å². The van der Waals surface area contributed by atoms with E-state index in [9.17, 15) is 18.8 Å². The summed E-state index contributed by atoms with van der Waals surface area (Å²) in [4.78, 5) is 34.9. The van der Waals surface area contributed by atoms with Crippen LogP contribution in [0.5, 0.6) is 0 Å². The van der Waals surface area contributed by atoms with E-state index < -0.39 is 30.3 Å². The van der Waals surface area contributed by atoms with Crippen LogP contribution in [-0.4, -0.2) is 37.0 Å². The Balaban J connectivity index is 2.48. The summed E-state index contributed by atoms with van der Waals surface area (Å²) in [5.74, 6) is -2.82. The molecule has 0 aliphatic heterocycles. The van der Waals surface area contributed by atoms with Crippen LogP contribution in [0, 0.1) is 5.82 Å². The van der Waals surface area contributed by atoms with Crippen LogP contribution in [-0.2, 0) is 14.3 Å². The maximum Gasteiger partial charge on any atom is 0.341 e. The first kappa shape index (κ1) is 18.9. The molecule has 0 fully saturated rings. The molecule has 1 atom stereocenters. The first-order chi connectivity index (χ1) is 10.8. The third-order valence-electron chi connectivity index (χ3n) is 2.80. The molecule has 0 radical (unpaired) electrons. The van der Waals surface area contributed by atoms with Crippen molar-refractivity contribution in [3.63, 3.8) is 0 Å². The van der Waals surface area contributed by atoms with Gasteiger partial charge in [-0.15, -0.1) is 0 Å². The minimum Gasteiger partial charge on any atom is -0.452 e. The van der Waals surface area contributed by atoms with Crippen LogP contribution in [0.4, 0.5) is 4.39 Å². The van der Waals surface area contributed by atoms with Gasteiger partial charge < -0.3 is 15.4 Å². The predicted octanol–water partition coefficient (Wildman–Crippen LogP) is 1.67. The Bertz CT molecular complexity index is 595. The Kier molecular flexibility index (Phi) is 7.47. The molecule has 2 N–H and O–H groups in total. The summed E-state index contributed by atoms with van der Waals surface area (Å²) in [5.41, 5.74) is -0.362.